The maximum absolute atomic E-state index is 14.1. The molecular formula is C18H13FN6OS2. The Hall–Kier alpha value is -3.03. The van der Waals surface area contributed by atoms with Crippen LogP contribution in [-0.4, -0.2) is 24.9 Å². The predicted molar refractivity (Wildman–Crippen MR) is 104 cm³/mol. The van der Waals surface area contributed by atoms with Gasteiger partial charge in [0.2, 0.25) is 0 Å². The summed E-state index contributed by atoms with van der Waals surface area (Å²) < 4.78 is 21.3. The summed E-state index contributed by atoms with van der Waals surface area (Å²) in [7, 11) is 0. The molecular weight excluding hydrogens is 399 g/mol. The molecule has 0 radical (unpaired) electrons. The van der Waals surface area contributed by atoms with Crippen molar-refractivity contribution in [2.24, 2.45) is 0 Å². The van der Waals surface area contributed by atoms with Crippen LogP contribution in [0.5, 0.6) is 0 Å². The number of rotatable bonds is 5. The normalized spacial score (nSPS) is 12.1. The van der Waals surface area contributed by atoms with Crippen molar-refractivity contribution in [2.75, 3.05) is 0 Å². The molecule has 0 saturated carbocycles. The van der Waals surface area contributed by atoms with Crippen molar-refractivity contribution in [3.8, 4) is 28.2 Å². The van der Waals surface area contributed by atoms with E-state index < -0.39 is 11.1 Å². The minimum atomic E-state index is -0.610. The summed E-state index contributed by atoms with van der Waals surface area (Å²) in [5.74, 6) is 0.960. The van der Waals surface area contributed by atoms with Gasteiger partial charge in [-0.15, -0.1) is 21.5 Å². The molecule has 0 fully saturated rings. The van der Waals surface area contributed by atoms with Crippen molar-refractivity contribution in [3.63, 3.8) is 0 Å². The van der Waals surface area contributed by atoms with Gasteiger partial charge in [0, 0.05) is 6.54 Å². The van der Waals surface area contributed by atoms with E-state index in [0.29, 0.717) is 17.9 Å². The highest BCUT2D eigenvalue weighted by Gasteiger charge is 2.25. The van der Waals surface area contributed by atoms with Crippen molar-refractivity contribution >= 4 is 24.0 Å². The molecule has 0 aliphatic heterocycles. The fourth-order valence-corrected chi connectivity index (χ4v) is 3.76. The number of halogens is 1. The third kappa shape index (κ3) is 3.19. The van der Waals surface area contributed by atoms with Crippen LogP contribution < -0.4 is 0 Å². The summed E-state index contributed by atoms with van der Waals surface area (Å²) in [6, 6.07) is 9.81. The number of benzene rings is 1. The fourth-order valence-electron chi connectivity index (χ4n) is 2.75. The maximum Gasteiger partial charge on any atom is 0.260 e. The molecule has 1 atom stereocenters. The smallest absolute Gasteiger partial charge is 0.260 e. The van der Waals surface area contributed by atoms with E-state index in [9.17, 15) is 4.39 Å². The first kappa shape index (κ1) is 18.3. The van der Waals surface area contributed by atoms with Gasteiger partial charge in [-0.2, -0.15) is 22.9 Å². The van der Waals surface area contributed by atoms with Gasteiger partial charge in [0.15, 0.2) is 17.5 Å². The topological polar surface area (TPSA) is 93.4 Å². The van der Waals surface area contributed by atoms with E-state index in [2.05, 4.69) is 33.0 Å². The zero-order valence-electron chi connectivity index (χ0n) is 14.6. The minimum absolute atomic E-state index is 0.0234. The first-order valence-corrected chi connectivity index (χ1v) is 9.70. The fraction of sp³-hybridized carbons (Fsp3) is 0.167. The second kappa shape index (κ2) is 7.53. The van der Waals surface area contributed by atoms with Crippen LogP contribution in [0.1, 0.15) is 29.4 Å². The Balaban J connectivity index is 1.70. The Morgan fingerprint density at radius 1 is 1.36 bits per heavy atom. The molecule has 4 rings (SSSR count). The summed E-state index contributed by atoms with van der Waals surface area (Å²) in [5.41, 5.74) is 0.361. The Kier molecular flexibility index (Phi) is 4.93. The largest absolute Gasteiger partial charge is 0.334 e. The molecule has 10 heteroatoms. The number of hydrogen-bond donors (Lipinski definition) is 1. The number of aromatic nitrogens is 5. The average Bonchev–Trinajstić information content (AvgIpc) is 3.47. The van der Waals surface area contributed by atoms with Gasteiger partial charge in [-0.25, -0.2) is 4.39 Å². The highest BCUT2D eigenvalue weighted by atomic mass is 32.1. The molecule has 3 heterocycles. The zero-order chi connectivity index (χ0) is 19.7. The first-order chi connectivity index (χ1) is 13.6. The number of hydrogen-bond acceptors (Lipinski definition) is 8. The summed E-state index contributed by atoms with van der Waals surface area (Å²) in [4.78, 5) is 5.25. The van der Waals surface area contributed by atoms with Crippen LogP contribution in [-0.2, 0) is 6.54 Å². The van der Waals surface area contributed by atoms with Crippen LogP contribution in [0.2, 0.25) is 0 Å². The van der Waals surface area contributed by atoms with E-state index in [1.54, 1.807) is 11.3 Å². The molecule has 7 nitrogen and oxygen atoms in total. The molecule has 140 valence electrons. The lowest BCUT2D eigenvalue weighted by Gasteiger charge is -2.09. The number of thiophene rings is 1. The summed E-state index contributed by atoms with van der Waals surface area (Å²) in [6.45, 7) is 2.62. The van der Waals surface area contributed by atoms with Crippen LogP contribution in [0.3, 0.4) is 0 Å². The second-order valence-corrected chi connectivity index (χ2v) is 7.23. The highest BCUT2D eigenvalue weighted by molar-refractivity contribution is 7.80. The molecule has 0 N–H and O–H groups in total. The monoisotopic (exact) mass is 412 g/mol. The van der Waals surface area contributed by atoms with Crippen LogP contribution in [0, 0.1) is 17.1 Å². The zero-order valence-corrected chi connectivity index (χ0v) is 16.3. The van der Waals surface area contributed by atoms with Gasteiger partial charge in [0.1, 0.15) is 11.1 Å². The third-order valence-electron chi connectivity index (χ3n) is 4.09. The van der Waals surface area contributed by atoms with Crippen molar-refractivity contribution in [1.29, 1.82) is 5.26 Å². The molecule has 0 aliphatic rings. The van der Waals surface area contributed by atoms with E-state index in [4.69, 9.17) is 9.78 Å². The standard InChI is InChI=1S/C18H13FN6OS2/c1-2-25-16(13-4-3-7-28-13)22-23-17(25)14(27)15-21-18(26-24-15)11-8-10(9-20)5-6-12(11)19/h3-8,14,27H,2H2,1H3. The molecule has 4 aromatic rings. The van der Waals surface area contributed by atoms with E-state index in [1.165, 1.54) is 18.2 Å². The van der Waals surface area contributed by atoms with Crippen LogP contribution >= 0.6 is 24.0 Å². The predicted octanol–water partition coefficient (Wildman–Crippen LogP) is 4.11. The molecule has 0 spiro atoms. The van der Waals surface area contributed by atoms with Gasteiger partial charge in [-0.1, -0.05) is 11.2 Å². The summed E-state index contributed by atoms with van der Waals surface area (Å²) >= 11 is 6.15. The van der Waals surface area contributed by atoms with Crippen molar-refractivity contribution < 1.29 is 8.91 Å². The highest BCUT2D eigenvalue weighted by Crippen LogP contribution is 2.31. The number of nitriles is 1. The lowest BCUT2D eigenvalue weighted by molar-refractivity contribution is 0.420. The maximum atomic E-state index is 14.1. The SMILES string of the molecule is CCn1c(-c2cccs2)nnc1C(S)c1noc(-c2cc(C#N)ccc2F)n1. The minimum Gasteiger partial charge on any atom is -0.334 e. The summed E-state index contributed by atoms with van der Waals surface area (Å²) in [6.07, 6.45) is 0. The van der Waals surface area contributed by atoms with Gasteiger partial charge in [0.05, 0.1) is 22.1 Å². The van der Waals surface area contributed by atoms with Crippen LogP contribution in [0.15, 0.2) is 40.2 Å². The lowest BCUT2D eigenvalue weighted by atomic mass is 10.1. The Morgan fingerprint density at radius 2 is 2.21 bits per heavy atom. The molecule has 0 saturated heterocycles. The van der Waals surface area contributed by atoms with Crippen molar-refractivity contribution in [1.82, 2.24) is 24.9 Å². The van der Waals surface area contributed by atoms with Crippen molar-refractivity contribution in [2.45, 2.75) is 18.7 Å². The molecule has 0 bridgehead atoms. The molecule has 1 unspecified atom stereocenters. The Labute approximate surface area is 168 Å². The first-order valence-electron chi connectivity index (χ1n) is 8.31. The third-order valence-corrected chi connectivity index (χ3v) is 5.42. The van der Waals surface area contributed by atoms with Gasteiger partial charge in [0.25, 0.3) is 5.89 Å². The quantitative estimate of drug-likeness (QED) is 0.496. The Morgan fingerprint density at radius 3 is 2.93 bits per heavy atom. The number of thiol groups is 1. The van der Waals surface area contributed by atoms with Gasteiger partial charge < -0.3 is 9.09 Å². The second-order valence-electron chi connectivity index (χ2n) is 5.77. The van der Waals surface area contributed by atoms with Crippen LogP contribution in [0.25, 0.3) is 22.2 Å². The lowest BCUT2D eigenvalue weighted by Crippen LogP contribution is -2.08. The average molecular weight is 412 g/mol. The molecule has 28 heavy (non-hydrogen) atoms. The van der Waals surface area contributed by atoms with Crippen LogP contribution in [0.4, 0.5) is 4.39 Å². The molecule has 0 amide bonds. The van der Waals surface area contributed by atoms with E-state index in [1.807, 2.05) is 35.1 Å². The van der Waals surface area contributed by atoms with Gasteiger partial charge >= 0.3 is 0 Å². The molecule has 3 aromatic heterocycles. The molecule has 0 aliphatic carbocycles. The number of nitrogens with zero attached hydrogens (tertiary/aromatic N) is 6. The van der Waals surface area contributed by atoms with Crippen molar-refractivity contribution in [3.05, 3.63) is 58.7 Å². The van der Waals surface area contributed by atoms with E-state index in [0.717, 1.165) is 10.7 Å². The van der Waals surface area contributed by atoms with E-state index >= 15 is 0 Å². The summed E-state index contributed by atoms with van der Waals surface area (Å²) in [5, 5.41) is 22.8. The van der Waals surface area contributed by atoms with Gasteiger partial charge in [-0.3, -0.25) is 0 Å². The van der Waals surface area contributed by atoms with Gasteiger partial charge in [-0.05, 0) is 36.6 Å². The Bertz CT molecular complexity index is 1160. The van der Waals surface area contributed by atoms with E-state index in [-0.39, 0.29) is 17.3 Å². The molecule has 1 aromatic carbocycles.